The summed E-state index contributed by atoms with van der Waals surface area (Å²) in [5, 5.41) is 3.15. The molecule has 0 bridgehead atoms. The molecular weight excluding hydrogens is 453 g/mol. The second kappa shape index (κ2) is 9.02. The molecule has 0 aliphatic carbocycles. The van der Waals surface area contributed by atoms with Crippen molar-refractivity contribution in [2.24, 2.45) is 10.3 Å². The lowest BCUT2D eigenvalue weighted by molar-refractivity contribution is -0.126. The normalized spacial score (nSPS) is 18.1. The van der Waals surface area contributed by atoms with Crippen molar-refractivity contribution in [1.29, 1.82) is 0 Å². The topological polar surface area (TPSA) is 78.8 Å². The van der Waals surface area contributed by atoms with Crippen LogP contribution in [-0.4, -0.2) is 38.2 Å². The Hall–Kier alpha value is -3.52. The van der Waals surface area contributed by atoms with Crippen molar-refractivity contribution in [3.8, 4) is 0 Å². The minimum atomic E-state index is -3.67. The number of hydrogen-bond donors (Lipinski definition) is 1. The van der Waals surface area contributed by atoms with Gasteiger partial charge in [0.05, 0.1) is 6.04 Å². The molecule has 1 N–H and O–H groups in total. The maximum absolute atomic E-state index is 13.5. The summed E-state index contributed by atoms with van der Waals surface area (Å²) in [5.74, 6) is -0.147. The standard InChI is InChI=1S/C26H24FN3O3S/c27-21-12-10-19(11-13-21)24(18-6-2-1-3-7-18)28-26(31)20-14-16-30(17-15-20)25-22-8-4-5-9-23(22)34(32,33)29-25/h1-13,20,24H,14-17H2,(H,28,31). The Kier molecular flexibility index (Phi) is 5.91. The summed E-state index contributed by atoms with van der Waals surface area (Å²) in [7, 11) is -3.67. The zero-order valence-corrected chi connectivity index (χ0v) is 19.2. The second-order valence-electron chi connectivity index (χ2n) is 8.55. The lowest BCUT2D eigenvalue weighted by atomic mass is 9.93. The number of carbonyl (C=O) groups is 1. The van der Waals surface area contributed by atoms with Gasteiger partial charge in [0.15, 0.2) is 5.84 Å². The Morgan fingerprint density at radius 1 is 0.912 bits per heavy atom. The summed E-state index contributed by atoms with van der Waals surface area (Å²) in [4.78, 5) is 15.4. The highest BCUT2D eigenvalue weighted by Gasteiger charge is 2.35. The summed E-state index contributed by atoms with van der Waals surface area (Å²) in [5.41, 5.74) is 2.34. The number of benzene rings is 3. The first-order chi connectivity index (χ1) is 16.4. The van der Waals surface area contributed by atoms with Crippen molar-refractivity contribution in [3.63, 3.8) is 0 Å². The van der Waals surface area contributed by atoms with E-state index in [1.807, 2.05) is 35.2 Å². The van der Waals surface area contributed by atoms with Gasteiger partial charge in [0.2, 0.25) is 5.91 Å². The Balaban J connectivity index is 1.29. The predicted molar refractivity (Wildman–Crippen MR) is 127 cm³/mol. The molecule has 0 saturated carbocycles. The van der Waals surface area contributed by atoms with Crippen LogP contribution in [0.15, 0.2) is 88.2 Å². The van der Waals surface area contributed by atoms with Gasteiger partial charge in [-0.15, -0.1) is 4.40 Å². The maximum Gasteiger partial charge on any atom is 0.285 e. The average molecular weight is 478 g/mol. The van der Waals surface area contributed by atoms with E-state index in [4.69, 9.17) is 0 Å². The largest absolute Gasteiger partial charge is 0.355 e. The maximum atomic E-state index is 13.5. The lowest BCUT2D eigenvalue weighted by Crippen LogP contribution is -2.43. The van der Waals surface area contributed by atoms with E-state index in [1.54, 1.807) is 36.4 Å². The summed E-state index contributed by atoms with van der Waals surface area (Å²) in [6.45, 7) is 1.07. The number of nitrogens with zero attached hydrogens (tertiary/aromatic N) is 2. The number of fused-ring (bicyclic) bond motifs is 1. The molecule has 0 radical (unpaired) electrons. The minimum absolute atomic E-state index is 0.0702. The zero-order chi connectivity index (χ0) is 23.7. The van der Waals surface area contributed by atoms with Gasteiger partial charge in [-0.1, -0.05) is 54.6 Å². The van der Waals surface area contributed by atoms with Crippen molar-refractivity contribution >= 4 is 21.8 Å². The molecule has 1 saturated heterocycles. The van der Waals surface area contributed by atoms with Gasteiger partial charge in [-0.2, -0.15) is 8.42 Å². The third-order valence-electron chi connectivity index (χ3n) is 6.40. The van der Waals surface area contributed by atoms with E-state index in [9.17, 15) is 17.6 Å². The number of sulfonamides is 1. The van der Waals surface area contributed by atoms with Crippen LogP contribution >= 0.6 is 0 Å². The first-order valence-corrected chi connectivity index (χ1v) is 12.7. The fraction of sp³-hybridized carbons (Fsp3) is 0.231. The molecule has 0 spiro atoms. The predicted octanol–water partition coefficient (Wildman–Crippen LogP) is 3.89. The number of piperidine rings is 1. The average Bonchev–Trinajstić information content (AvgIpc) is 3.14. The van der Waals surface area contributed by atoms with Gasteiger partial charge in [0.25, 0.3) is 10.0 Å². The van der Waals surface area contributed by atoms with Gasteiger partial charge in [-0.25, -0.2) is 4.39 Å². The SMILES string of the molecule is O=C(NC(c1ccccc1)c1ccc(F)cc1)C1CCN(C2=NS(=O)(=O)c3ccccc32)CC1. The number of nitrogens with one attached hydrogen (secondary N) is 1. The first-order valence-electron chi connectivity index (χ1n) is 11.2. The van der Waals surface area contributed by atoms with Crippen molar-refractivity contribution in [3.05, 3.63) is 101 Å². The lowest BCUT2D eigenvalue weighted by Gasteiger charge is -2.33. The van der Waals surface area contributed by atoms with E-state index >= 15 is 0 Å². The monoisotopic (exact) mass is 477 g/mol. The van der Waals surface area contributed by atoms with E-state index in [0.29, 0.717) is 37.3 Å². The first kappa shape index (κ1) is 22.3. The Morgan fingerprint density at radius 2 is 1.53 bits per heavy atom. The Labute approximate surface area is 198 Å². The van der Waals surface area contributed by atoms with Crippen LogP contribution in [-0.2, 0) is 14.8 Å². The zero-order valence-electron chi connectivity index (χ0n) is 18.4. The van der Waals surface area contributed by atoms with Crippen LogP contribution in [0.25, 0.3) is 0 Å². The molecule has 0 aromatic heterocycles. The van der Waals surface area contributed by atoms with Crippen LogP contribution in [0.1, 0.15) is 35.6 Å². The molecule has 174 valence electrons. The minimum Gasteiger partial charge on any atom is -0.355 e. The van der Waals surface area contributed by atoms with E-state index in [1.165, 1.54) is 12.1 Å². The number of amidine groups is 1. The molecule has 3 aromatic rings. The molecule has 5 rings (SSSR count). The smallest absolute Gasteiger partial charge is 0.285 e. The van der Waals surface area contributed by atoms with Gasteiger partial charge < -0.3 is 10.2 Å². The van der Waals surface area contributed by atoms with Gasteiger partial charge in [-0.3, -0.25) is 4.79 Å². The summed E-state index contributed by atoms with van der Waals surface area (Å²) in [6, 6.07) is 22.2. The number of rotatable bonds is 4. The highest BCUT2D eigenvalue weighted by Crippen LogP contribution is 2.30. The molecule has 2 aliphatic heterocycles. The van der Waals surface area contributed by atoms with E-state index < -0.39 is 10.0 Å². The highest BCUT2D eigenvalue weighted by molar-refractivity contribution is 7.90. The van der Waals surface area contributed by atoms with Crippen LogP contribution < -0.4 is 5.32 Å². The summed E-state index contributed by atoms with van der Waals surface area (Å²) < 4.78 is 42.2. The number of likely N-dealkylation sites (tertiary alicyclic amines) is 1. The van der Waals surface area contributed by atoms with Gasteiger partial charge in [0, 0.05) is 24.6 Å². The van der Waals surface area contributed by atoms with Crippen LogP contribution in [0.3, 0.4) is 0 Å². The van der Waals surface area contributed by atoms with Crippen LogP contribution in [0.4, 0.5) is 4.39 Å². The molecule has 1 fully saturated rings. The van der Waals surface area contributed by atoms with Crippen molar-refractivity contribution in [1.82, 2.24) is 10.2 Å². The van der Waals surface area contributed by atoms with E-state index in [0.717, 1.165) is 11.1 Å². The summed E-state index contributed by atoms with van der Waals surface area (Å²) in [6.07, 6.45) is 1.16. The number of amides is 1. The second-order valence-corrected chi connectivity index (χ2v) is 10.1. The number of halogens is 1. The molecule has 6 nitrogen and oxygen atoms in total. The van der Waals surface area contributed by atoms with Crippen LogP contribution in [0, 0.1) is 11.7 Å². The van der Waals surface area contributed by atoms with Crippen molar-refractivity contribution in [2.75, 3.05) is 13.1 Å². The van der Waals surface area contributed by atoms with Gasteiger partial charge >= 0.3 is 0 Å². The third kappa shape index (κ3) is 4.33. The Morgan fingerprint density at radius 3 is 2.24 bits per heavy atom. The van der Waals surface area contributed by atoms with Gasteiger partial charge in [-0.05, 0) is 48.2 Å². The molecule has 8 heteroatoms. The third-order valence-corrected chi connectivity index (χ3v) is 7.73. The fourth-order valence-electron chi connectivity index (χ4n) is 4.59. The van der Waals surface area contributed by atoms with Gasteiger partial charge in [0.1, 0.15) is 10.7 Å². The summed E-state index contributed by atoms with van der Waals surface area (Å²) >= 11 is 0. The molecule has 2 heterocycles. The molecule has 1 atom stereocenters. The van der Waals surface area contributed by atoms with E-state index in [-0.39, 0.29) is 28.6 Å². The van der Waals surface area contributed by atoms with Crippen LogP contribution in [0.5, 0.6) is 0 Å². The molecule has 1 amide bonds. The molecule has 1 unspecified atom stereocenters. The molecular formula is C26H24FN3O3S. The van der Waals surface area contributed by atoms with E-state index in [2.05, 4.69) is 9.71 Å². The number of carbonyl (C=O) groups excluding carboxylic acids is 1. The fourth-order valence-corrected chi connectivity index (χ4v) is 5.82. The Bertz CT molecular complexity index is 1330. The number of hydrogen-bond acceptors (Lipinski definition) is 4. The quantitative estimate of drug-likeness (QED) is 0.618. The molecule has 3 aromatic carbocycles. The molecule has 34 heavy (non-hydrogen) atoms. The van der Waals surface area contributed by atoms with Crippen LogP contribution in [0.2, 0.25) is 0 Å². The van der Waals surface area contributed by atoms with Crippen molar-refractivity contribution < 1.29 is 17.6 Å². The molecule has 2 aliphatic rings. The highest BCUT2D eigenvalue weighted by atomic mass is 32.2. The van der Waals surface area contributed by atoms with Crippen molar-refractivity contribution in [2.45, 2.75) is 23.8 Å².